The molecule has 1 saturated heterocycles. The molecule has 1 fully saturated rings. The lowest BCUT2D eigenvalue weighted by Gasteiger charge is -2.36. The van der Waals surface area contributed by atoms with Crippen LogP contribution in [0.1, 0.15) is 19.4 Å². The summed E-state index contributed by atoms with van der Waals surface area (Å²) in [5.41, 5.74) is 1.16. The first kappa shape index (κ1) is 10.8. The standard InChI is InChI=1S/C11H16N2OS/c1-11(2,15)8-3-4-10(12-5-8)13-6-9(14)7-13/h3-5,9,14-15H,6-7H2,1-2H3/p+1. The van der Waals surface area contributed by atoms with E-state index in [0.29, 0.717) is 13.1 Å². The summed E-state index contributed by atoms with van der Waals surface area (Å²) in [5.74, 6) is 0.944. The number of nitrogens with zero attached hydrogens (tertiary/aromatic N) is 2. The van der Waals surface area contributed by atoms with Gasteiger partial charge in [-0.2, -0.15) is 0 Å². The summed E-state index contributed by atoms with van der Waals surface area (Å²) < 4.78 is -0.0417. The fourth-order valence-electron chi connectivity index (χ4n) is 1.59. The van der Waals surface area contributed by atoms with Crippen LogP contribution < -0.4 is 4.90 Å². The lowest BCUT2D eigenvalue weighted by molar-refractivity contribution is 0.141. The van der Waals surface area contributed by atoms with Crippen LogP contribution in [0.2, 0.25) is 0 Å². The molecule has 1 aliphatic rings. The van der Waals surface area contributed by atoms with Crippen molar-refractivity contribution in [2.75, 3.05) is 18.0 Å². The summed E-state index contributed by atoms with van der Waals surface area (Å²) in [6.07, 6.45) is 1.70. The van der Waals surface area contributed by atoms with Crippen molar-refractivity contribution in [3.8, 4) is 0 Å². The number of anilines is 1. The van der Waals surface area contributed by atoms with Crippen LogP contribution in [-0.4, -0.2) is 29.3 Å². The van der Waals surface area contributed by atoms with Gasteiger partial charge in [0.2, 0.25) is 0 Å². The van der Waals surface area contributed by atoms with Crippen molar-refractivity contribution in [3.05, 3.63) is 23.9 Å². The summed E-state index contributed by atoms with van der Waals surface area (Å²) >= 11 is 3.65. The Kier molecular flexibility index (Phi) is 2.64. The second-order valence-corrected chi connectivity index (χ2v) is 5.84. The van der Waals surface area contributed by atoms with Crippen molar-refractivity contribution in [2.45, 2.75) is 24.7 Å². The van der Waals surface area contributed by atoms with E-state index >= 15 is 0 Å². The maximum Gasteiger partial charge on any atom is 0.144 e. The third-order valence-corrected chi connectivity index (χ3v) is 2.94. The van der Waals surface area contributed by atoms with E-state index in [2.05, 4.69) is 42.4 Å². The van der Waals surface area contributed by atoms with Gasteiger partial charge in [0.25, 0.3) is 0 Å². The highest BCUT2D eigenvalue weighted by atomic mass is 32.1. The predicted octanol–water partition coefficient (Wildman–Crippen LogP) is 0.509. The second kappa shape index (κ2) is 3.68. The Hall–Kier alpha value is -0.740. The Morgan fingerprint density at radius 2 is 2.13 bits per heavy atom. The molecule has 0 atom stereocenters. The number of aromatic nitrogens is 1. The lowest BCUT2D eigenvalue weighted by Crippen LogP contribution is -2.51. The molecule has 0 unspecified atom stereocenters. The molecular formula is C11H17N2OS+. The van der Waals surface area contributed by atoms with Crippen molar-refractivity contribution >= 4 is 18.4 Å². The minimum absolute atomic E-state index is 0.0417. The SMILES string of the molecule is CC(C)([SH2+])c1ccc(N2CC(O)C2)nc1. The first-order valence-electron chi connectivity index (χ1n) is 5.11. The minimum atomic E-state index is -0.182. The van der Waals surface area contributed by atoms with E-state index < -0.39 is 0 Å². The van der Waals surface area contributed by atoms with Crippen molar-refractivity contribution in [2.24, 2.45) is 0 Å². The predicted molar refractivity (Wildman–Crippen MR) is 65.6 cm³/mol. The van der Waals surface area contributed by atoms with E-state index in [4.69, 9.17) is 0 Å². The van der Waals surface area contributed by atoms with Crippen molar-refractivity contribution < 1.29 is 5.11 Å². The third kappa shape index (κ3) is 2.26. The van der Waals surface area contributed by atoms with Gasteiger partial charge in [-0.1, -0.05) is 0 Å². The molecule has 1 aliphatic heterocycles. The Balaban J connectivity index is 2.11. The van der Waals surface area contributed by atoms with Crippen LogP contribution in [-0.2, 0) is 17.4 Å². The maximum atomic E-state index is 9.19. The number of hydrogen-bond acceptors (Lipinski definition) is 3. The van der Waals surface area contributed by atoms with Crippen molar-refractivity contribution in [3.63, 3.8) is 0 Å². The van der Waals surface area contributed by atoms with Crippen LogP contribution in [0.5, 0.6) is 0 Å². The number of aliphatic hydroxyl groups is 1. The summed E-state index contributed by atoms with van der Waals surface area (Å²) in [4.78, 5) is 6.45. The minimum Gasteiger partial charge on any atom is -0.389 e. The summed E-state index contributed by atoms with van der Waals surface area (Å²) in [6.45, 7) is 5.58. The van der Waals surface area contributed by atoms with Gasteiger partial charge in [0.05, 0.1) is 6.10 Å². The van der Waals surface area contributed by atoms with Crippen LogP contribution in [0.4, 0.5) is 5.82 Å². The van der Waals surface area contributed by atoms with Crippen LogP contribution in [0.15, 0.2) is 18.3 Å². The summed E-state index contributed by atoms with van der Waals surface area (Å²) in [5, 5.41) is 9.19. The van der Waals surface area contributed by atoms with Crippen molar-refractivity contribution in [1.82, 2.24) is 4.98 Å². The van der Waals surface area contributed by atoms with Crippen LogP contribution in [0, 0.1) is 0 Å². The number of β-amino-alcohol motifs (C(OH)–C–C–N with tert-alkyl or cyclic N) is 1. The molecule has 2 heterocycles. The molecule has 0 saturated carbocycles. The number of hydrogen-bond donors (Lipinski definition) is 1. The van der Waals surface area contributed by atoms with E-state index in [9.17, 15) is 5.11 Å². The van der Waals surface area contributed by atoms with Gasteiger partial charge >= 0.3 is 0 Å². The average molecular weight is 225 g/mol. The largest absolute Gasteiger partial charge is 0.389 e. The molecule has 0 bridgehead atoms. The molecule has 0 spiro atoms. The van der Waals surface area contributed by atoms with E-state index in [-0.39, 0.29) is 10.9 Å². The molecule has 0 aliphatic carbocycles. The fourth-order valence-corrected chi connectivity index (χ4v) is 1.73. The summed E-state index contributed by atoms with van der Waals surface area (Å²) in [6, 6.07) is 4.07. The smallest absolute Gasteiger partial charge is 0.144 e. The van der Waals surface area contributed by atoms with E-state index in [0.717, 1.165) is 11.4 Å². The van der Waals surface area contributed by atoms with Gasteiger partial charge < -0.3 is 10.0 Å². The zero-order valence-electron chi connectivity index (χ0n) is 9.07. The zero-order valence-corrected chi connectivity index (χ0v) is 10.1. The molecule has 0 radical (unpaired) electrons. The van der Waals surface area contributed by atoms with E-state index in [1.165, 1.54) is 0 Å². The molecule has 0 aromatic carbocycles. The van der Waals surface area contributed by atoms with Crippen LogP contribution in [0.25, 0.3) is 0 Å². The molecule has 4 heteroatoms. The molecule has 1 aromatic rings. The van der Waals surface area contributed by atoms with Gasteiger partial charge in [0.15, 0.2) is 0 Å². The Labute approximate surface area is 95.5 Å². The van der Waals surface area contributed by atoms with Crippen LogP contribution >= 0.6 is 0 Å². The number of aliphatic hydroxyl groups excluding tert-OH is 1. The molecule has 1 N–H and O–H groups in total. The molecule has 2 rings (SSSR count). The van der Waals surface area contributed by atoms with Crippen LogP contribution in [0.3, 0.4) is 0 Å². The third-order valence-electron chi connectivity index (χ3n) is 2.66. The molecule has 82 valence electrons. The highest BCUT2D eigenvalue weighted by molar-refractivity contribution is 7.59. The fraction of sp³-hybridized carbons (Fsp3) is 0.545. The monoisotopic (exact) mass is 225 g/mol. The molecule has 1 aromatic heterocycles. The average Bonchev–Trinajstić information content (AvgIpc) is 2.12. The van der Waals surface area contributed by atoms with E-state index in [1.807, 2.05) is 12.3 Å². The van der Waals surface area contributed by atoms with Gasteiger partial charge in [0.1, 0.15) is 10.6 Å². The topological polar surface area (TPSA) is 36.4 Å². The molecule has 3 nitrogen and oxygen atoms in total. The molecular weight excluding hydrogens is 208 g/mol. The molecule has 0 amide bonds. The molecule has 15 heavy (non-hydrogen) atoms. The highest BCUT2D eigenvalue weighted by Crippen LogP contribution is 2.23. The van der Waals surface area contributed by atoms with E-state index in [1.54, 1.807) is 0 Å². The summed E-state index contributed by atoms with van der Waals surface area (Å²) in [7, 11) is 0. The van der Waals surface area contributed by atoms with Crippen molar-refractivity contribution in [1.29, 1.82) is 0 Å². The van der Waals surface area contributed by atoms with Gasteiger partial charge in [0, 0.05) is 24.8 Å². The maximum absolute atomic E-state index is 9.19. The van der Waals surface area contributed by atoms with Gasteiger partial charge in [-0.05, 0) is 38.6 Å². The lowest BCUT2D eigenvalue weighted by atomic mass is 10.0. The zero-order chi connectivity index (χ0) is 11.1. The van der Waals surface area contributed by atoms with Gasteiger partial charge in [-0.3, -0.25) is 0 Å². The normalized spacial score (nSPS) is 17.7. The van der Waals surface area contributed by atoms with Gasteiger partial charge in [-0.15, -0.1) is 0 Å². The Morgan fingerprint density at radius 1 is 1.47 bits per heavy atom. The highest BCUT2D eigenvalue weighted by Gasteiger charge is 2.26. The second-order valence-electron chi connectivity index (χ2n) is 4.59. The van der Waals surface area contributed by atoms with Gasteiger partial charge in [-0.25, -0.2) is 4.98 Å². The first-order valence-corrected chi connectivity index (χ1v) is 5.61. The first-order chi connectivity index (χ1) is 6.97. The Bertz CT molecular complexity index is 339. The number of rotatable bonds is 2. The number of pyridine rings is 1. The Morgan fingerprint density at radius 3 is 2.53 bits per heavy atom. The quantitative estimate of drug-likeness (QED) is 0.745.